The largest absolute Gasteiger partial charge is 0.476 e. The highest BCUT2D eigenvalue weighted by Crippen LogP contribution is 2.36. The van der Waals surface area contributed by atoms with Crippen LogP contribution in [0, 0.1) is 6.92 Å². The Morgan fingerprint density at radius 1 is 1.13 bits per heavy atom. The van der Waals surface area contributed by atoms with E-state index in [1.54, 1.807) is 18.5 Å². The quantitative estimate of drug-likeness (QED) is 0.668. The average molecular weight is 404 g/mol. The summed E-state index contributed by atoms with van der Waals surface area (Å²) in [7, 11) is 0. The Morgan fingerprint density at radius 3 is 2.80 bits per heavy atom. The predicted molar refractivity (Wildman–Crippen MR) is 114 cm³/mol. The Kier molecular flexibility index (Phi) is 5.11. The van der Waals surface area contributed by atoms with Crippen molar-refractivity contribution in [2.45, 2.75) is 26.0 Å². The van der Waals surface area contributed by atoms with Gasteiger partial charge in [-0.05, 0) is 42.2 Å². The predicted octanol–water partition coefficient (Wildman–Crippen LogP) is 3.24. The highest BCUT2D eigenvalue weighted by Gasteiger charge is 2.23. The van der Waals surface area contributed by atoms with E-state index in [1.807, 2.05) is 19.1 Å². The van der Waals surface area contributed by atoms with Crippen LogP contribution >= 0.6 is 0 Å². The maximum atomic E-state index is 12.7. The molecule has 0 radical (unpaired) electrons. The lowest BCUT2D eigenvalue weighted by Gasteiger charge is -2.28. The van der Waals surface area contributed by atoms with E-state index in [0.29, 0.717) is 32.3 Å². The molecule has 30 heavy (non-hydrogen) atoms. The van der Waals surface area contributed by atoms with Crippen molar-refractivity contribution >= 4 is 0 Å². The van der Waals surface area contributed by atoms with Crippen LogP contribution < -0.4 is 10.2 Å². The van der Waals surface area contributed by atoms with Gasteiger partial charge in [-0.15, -0.1) is 0 Å². The van der Waals surface area contributed by atoms with E-state index in [9.17, 15) is 4.79 Å². The van der Waals surface area contributed by atoms with Crippen LogP contribution in [0.1, 0.15) is 11.1 Å². The number of benzene rings is 1. The number of hydrogen-bond donors (Lipinski definition) is 0. The van der Waals surface area contributed by atoms with Gasteiger partial charge in [-0.1, -0.05) is 18.2 Å². The highest BCUT2D eigenvalue weighted by atomic mass is 16.6. The second-order valence-electron chi connectivity index (χ2n) is 7.71. The zero-order chi connectivity index (χ0) is 20.5. The first-order chi connectivity index (χ1) is 14.7. The van der Waals surface area contributed by atoms with Gasteiger partial charge in [0.15, 0.2) is 11.3 Å². The summed E-state index contributed by atoms with van der Waals surface area (Å²) in [6, 6.07) is 12.1. The minimum atomic E-state index is -0.106. The lowest BCUT2D eigenvalue weighted by molar-refractivity contribution is -0.102. The first-order valence-corrected chi connectivity index (χ1v) is 10.3. The summed E-state index contributed by atoms with van der Waals surface area (Å²) in [5.74, 6) is 0.596. The minimum Gasteiger partial charge on any atom is -0.476 e. The molecule has 1 fully saturated rings. The Labute approximate surface area is 175 Å². The molecule has 0 saturated carbocycles. The molecule has 154 valence electrons. The van der Waals surface area contributed by atoms with E-state index < -0.39 is 0 Å². The summed E-state index contributed by atoms with van der Waals surface area (Å²) in [6.07, 6.45) is 4.38. The van der Waals surface area contributed by atoms with Crippen LogP contribution in [-0.2, 0) is 22.4 Å². The van der Waals surface area contributed by atoms with Crippen LogP contribution in [0.4, 0.5) is 0 Å². The average Bonchev–Trinajstić information content (AvgIpc) is 2.81. The lowest BCUT2D eigenvalue weighted by Crippen LogP contribution is -2.34. The van der Waals surface area contributed by atoms with E-state index in [4.69, 9.17) is 14.2 Å². The molecule has 0 bridgehead atoms. The molecule has 0 amide bonds. The van der Waals surface area contributed by atoms with Crippen LogP contribution in [0.3, 0.4) is 0 Å². The Bertz CT molecular complexity index is 1120. The van der Waals surface area contributed by atoms with E-state index in [1.165, 1.54) is 5.56 Å². The summed E-state index contributed by atoms with van der Waals surface area (Å²) >= 11 is 0. The maximum absolute atomic E-state index is 12.7. The smallest absolute Gasteiger partial charge is 0.197 e. The summed E-state index contributed by atoms with van der Waals surface area (Å²) < 4.78 is 19.3. The molecule has 1 aromatic carbocycles. The molecule has 1 saturated heterocycles. The van der Waals surface area contributed by atoms with Gasteiger partial charge in [0.25, 0.3) is 0 Å². The topological polar surface area (TPSA) is 62.6 Å². The van der Waals surface area contributed by atoms with Gasteiger partial charge in [0.05, 0.1) is 25.5 Å². The van der Waals surface area contributed by atoms with Gasteiger partial charge in [0, 0.05) is 36.1 Å². The highest BCUT2D eigenvalue weighted by molar-refractivity contribution is 5.75. The number of aromatic nitrogens is 2. The molecule has 2 aliphatic heterocycles. The normalized spacial score (nSPS) is 17.8. The summed E-state index contributed by atoms with van der Waals surface area (Å²) in [6.45, 7) is 4.74. The van der Waals surface area contributed by atoms with Crippen LogP contribution in [0.25, 0.3) is 22.4 Å². The number of pyridine rings is 2. The third-order valence-electron chi connectivity index (χ3n) is 5.80. The van der Waals surface area contributed by atoms with Crippen LogP contribution in [-0.4, -0.2) is 42.1 Å². The number of nitrogens with zero attached hydrogens (tertiary/aromatic N) is 2. The number of aryl methyl sites for hydroxylation is 1. The molecular weight excluding hydrogens is 380 g/mol. The molecule has 0 N–H and O–H groups in total. The molecule has 0 unspecified atom stereocenters. The van der Waals surface area contributed by atoms with E-state index in [0.717, 1.165) is 40.9 Å². The van der Waals surface area contributed by atoms with Crippen molar-refractivity contribution in [1.29, 1.82) is 0 Å². The lowest BCUT2D eigenvalue weighted by atomic mass is 9.91. The van der Waals surface area contributed by atoms with Crippen molar-refractivity contribution in [1.82, 2.24) is 9.55 Å². The third-order valence-corrected chi connectivity index (χ3v) is 5.80. The number of rotatable bonds is 4. The molecule has 6 heteroatoms. The zero-order valence-electron chi connectivity index (χ0n) is 17.0. The van der Waals surface area contributed by atoms with Gasteiger partial charge in [-0.25, -0.2) is 0 Å². The van der Waals surface area contributed by atoms with Gasteiger partial charge in [-0.3, -0.25) is 9.78 Å². The Morgan fingerprint density at radius 2 is 2.00 bits per heavy atom. The fraction of sp³-hybridized carbons (Fsp3) is 0.333. The van der Waals surface area contributed by atoms with E-state index in [2.05, 4.69) is 27.8 Å². The maximum Gasteiger partial charge on any atom is 0.197 e. The minimum absolute atomic E-state index is 0.0110. The molecule has 0 aliphatic carbocycles. The number of fused-ring (bicyclic) bond motifs is 3. The monoisotopic (exact) mass is 404 g/mol. The van der Waals surface area contributed by atoms with Gasteiger partial charge in [0.2, 0.25) is 0 Å². The van der Waals surface area contributed by atoms with Gasteiger partial charge in [-0.2, -0.15) is 0 Å². The molecule has 1 atom stereocenters. The van der Waals surface area contributed by atoms with Crippen molar-refractivity contribution in [3.63, 3.8) is 0 Å². The zero-order valence-corrected chi connectivity index (χ0v) is 17.0. The van der Waals surface area contributed by atoms with Crippen LogP contribution in [0.2, 0.25) is 0 Å². The van der Waals surface area contributed by atoms with Crippen molar-refractivity contribution in [3.8, 4) is 28.3 Å². The molecule has 6 nitrogen and oxygen atoms in total. The Hall–Kier alpha value is -2.96. The fourth-order valence-electron chi connectivity index (χ4n) is 4.22. The molecule has 4 heterocycles. The summed E-state index contributed by atoms with van der Waals surface area (Å²) in [5, 5.41) is 0. The van der Waals surface area contributed by atoms with Gasteiger partial charge < -0.3 is 18.8 Å². The van der Waals surface area contributed by atoms with Crippen molar-refractivity contribution < 1.29 is 14.2 Å². The SMILES string of the molecule is Cc1c2n(c(OC[C@@H]3COCCO3)cc1=O)CCc1cc(-c3ccncc3)ccc1-2. The summed E-state index contributed by atoms with van der Waals surface area (Å²) in [4.78, 5) is 16.8. The molecule has 0 spiro atoms. The second kappa shape index (κ2) is 8.05. The van der Waals surface area contributed by atoms with Crippen LogP contribution in [0.5, 0.6) is 5.88 Å². The number of ether oxygens (including phenoxy) is 3. The molecule has 2 aromatic heterocycles. The Balaban J connectivity index is 1.51. The molecular formula is C24H24N2O4. The van der Waals surface area contributed by atoms with Crippen molar-refractivity contribution in [3.05, 3.63) is 70.1 Å². The molecule has 5 rings (SSSR count). The van der Waals surface area contributed by atoms with Gasteiger partial charge >= 0.3 is 0 Å². The first-order valence-electron chi connectivity index (χ1n) is 10.3. The first kappa shape index (κ1) is 19.0. The number of hydrogen-bond acceptors (Lipinski definition) is 5. The van der Waals surface area contributed by atoms with Crippen LogP contribution in [0.15, 0.2) is 53.6 Å². The van der Waals surface area contributed by atoms with Crippen molar-refractivity contribution in [2.75, 3.05) is 26.4 Å². The van der Waals surface area contributed by atoms with Crippen molar-refractivity contribution in [2.24, 2.45) is 0 Å². The van der Waals surface area contributed by atoms with E-state index >= 15 is 0 Å². The summed E-state index contributed by atoms with van der Waals surface area (Å²) in [5.41, 5.74) is 6.32. The third kappa shape index (κ3) is 3.53. The standard InChI is InChI=1S/C24H24N2O4/c1-16-22(27)13-23(30-15-20-14-28-10-11-29-20)26-9-6-19-12-18(2-3-21(19)24(16)26)17-4-7-25-8-5-17/h2-5,7-8,12-13,20H,6,9-11,14-15H2,1H3/t20-/m0/s1. The van der Waals surface area contributed by atoms with E-state index in [-0.39, 0.29) is 11.5 Å². The van der Waals surface area contributed by atoms with Gasteiger partial charge in [0.1, 0.15) is 12.7 Å². The molecule has 2 aliphatic rings. The second-order valence-corrected chi connectivity index (χ2v) is 7.71. The fourth-order valence-corrected chi connectivity index (χ4v) is 4.22. The molecule has 3 aromatic rings.